The molecule has 10 nitrogen and oxygen atoms in total. The number of benzene rings is 1. The first-order valence-electron chi connectivity index (χ1n) is 12.0. The maximum atomic E-state index is 13.1. The summed E-state index contributed by atoms with van der Waals surface area (Å²) in [6, 6.07) is 3.89. The molecule has 1 atom stereocenters. The maximum absolute atomic E-state index is 13.1. The topological polar surface area (TPSA) is 116 Å². The van der Waals surface area contributed by atoms with E-state index in [0.717, 1.165) is 31.1 Å². The minimum Gasteiger partial charge on any atom is -0.459 e. The number of hydrogen-bond acceptors (Lipinski definition) is 8. The molecule has 0 radical (unpaired) electrons. The Morgan fingerprint density at radius 3 is 2.42 bits per heavy atom. The summed E-state index contributed by atoms with van der Waals surface area (Å²) in [5.41, 5.74) is 0.343. The van der Waals surface area contributed by atoms with Crippen molar-refractivity contribution in [1.29, 1.82) is 0 Å². The molecular formula is C26H30N4O6. The van der Waals surface area contributed by atoms with Gasteiger partial charge in [-0.1, -0.05) is 17.9 Å². The van der Waals surface area contributed by atoms with Crippen LogP contribution in [0.3, 0.4) is 0 Å². The number of imide groups is 2. The summed E-state index contributed by atoms with van der Waals surface area (Å²) in [5, 5.41) is 2.20. The van der Waals surface area contributed by atoms with Crippen molar-refractivity contribution in [3.05, 3.63) is 34.9 Å². The molecule has 2 saturated heterocycles. The highest BCUT2D eigenvalue weighted by Gasteiger charge is 2.45. The van der Waals surface area contributed by atoms with Crippen LogP contribution in [0, 0.1) is 11.8 Å². The number of ether oxygens (including phenoxy) is 1. The standard InChI is InChI=1S/C26H30N4O6/c1-26(2,3)36-21(32)16-29-14-12-28(13-15-29)11-5-7-17-6-4-8-18-22(17)25(35)30(24(18)34)19-9-10-20(31)27-23(19)33/h4,6,8,19H,9-16H2,1-3H3,(H,27,31,33). The number of rotatable bonds is 4. The first kappa shape index (κ1) is 25.5. The number of carbonyl (C=O) groups excluding carboxylic acids is 5. The summed E-state index contributed by atoms with van der Waals surface area (Å²) in [6.07, 6.45) is 0.179. The molecule has 0 bridgehead atoms. The Balaban J connectivity index is 1.37. The van der Waals surface area contributed by atoms with E-state index in [9.17, 15) is 24.0 Å². The Kier molecular flexibility index (Phi) is 7.24. The van der Waals surface area contributed by atoms with E-state index in [1.165, 1.54) is 0 Å². The predicted molar refractivity (Wildman–Crippen MR) is 129 cm³/mol. The van der Waals surface area contributed by atoms with E-state index in [-0.39, 0.29) is 36.5 Å². The number of amides is 4. The molecule has 0 spiro atoms. The Morgan fingerprint density at radius 2 is 1.75 bits per heavy atom. The maximum Gasteiger partial charge on any atom is 0.320 e. The molecule has 36 heavy (non-hydrogen) atoms. The molecule has 10 heteroatoms. The van der Waals surface area contributed by atoms with Gasteiger partial charge in [-0.15, -0.1) is 0 Å². The van der Waals surface area contributed by atoms with Gasteiger partial charge in [0, 0.05) is 38.2 Å². The summed E-state index contributed by atoms with van der Waals surface area (Å²) in [6.45, 7) is 9.19. The van der Waals surface area contributed by atoms with E-state index in [1.807, 2.05) is 20.8 Å². The predicted octanol–water partition coefficient (Wildman–Crippen LogP) is 0.399. The minimum absolute atomic E-state index is 0.0709. The van der Waals surface area contributed by atoms with Crippen molar-refractivity contribution < 1.29 is 28.7 Å². The van der Waals surface area contributed by atoms with Crippen LogP contribution in [0.2, 0.25) is 0 Å². The summed E-state index contributed by atoms with van der Waals surface area (Å²) >= 11 is 0. The van der Waals surface area contributed by atoms with Gasteiger partial charge in [0.1, 0.15) is 11.6 Å². The fourth-order valence-electron chi connectivity index (χ4n) is 4.53. The third-order valence-electron chi connectivity index (χ3n) is 6.23. The van der Waals surface area contributed by atoms with Gasteiger partial charge >= 0.3 is 5.97 Å². The molecule has 4 rings (SSSR count). The van der Waals surface area contributed by atoms with E-state index in [4.69, 9.17) is 4.74 Å². The van der Waals surface area contributed by atoms with Crippen molar-refractivity contribution in [2.75, 3.05) is 39.3 Å². The van der Waals surface area contributed by atoms with E-state index < -0.39 is 35.3 Å². The molecule has 1 aromatic carbocycles. The van der Waals surface area contributed by atoms with Crippen LogP contribution in [0.25, 0.3) is 0 Å². The summed E-state index contributed by atoms with van der Waals surface area (Å²) < 4.78 is 5.38. The van der Waals surface area contributed by atoms with Crippen molar-refractivity contribution in [1.82, 2.24) is 20.0 Å². The molecule has 0 aromatic heterocycles. The van der Waals surface area contributed by atoms with Crippen LogP contribution in [0.1, 0.15) is 59.9 Å². The van der Waals surface area contributed by atoms with Crippen LogP contribution in [0.15, 0.2) is 18.2 Å². The molecule has 0 saturated carbocycles. The molecule has 3 heterocycles. The van der Waals surface area contributed by atoms with E-state index in [1.54, 1.807) is 18.2 Å². The lowest BCUT2D eigenvalue weighted by molar-refractivity contribution is -0.156. The zero-order valence-electron chi connectivity index (χ0n) is 20.8. The first-order valence-corrected chi connectivity index (χ1v) is 12.0. The SMILES string of the molecule is CC(C)(C)OC(=O)CN1CCN(CC#Cc2cccc3c2C(=O)N(C2CCC(=O)NC2=O)C3=O)CC1. The Labute approximate surface area is 209 Å². The average molecular weight is 495 g/mol. The lowest BCUT2D eigenvalue weighted by atomic mass is 10.0. The normalized spacial score (nSPS) is 21.1. The molecular weight excluding hydrogens is 464 g/mol. The fourth-order valence-corrected chi connectivity index (χ4v) is 4.53. The first-order chi connectivity index (χ1) is 17.0. The second-order valence-corrected chi connectivity index (χ2v) is 10.1. The molecule has 3 aliphatic rings. The van der Waals surface area contributed by atoms with Crippen LogP contribution in [0.5, 0.6) is 0 Å². The van der Waals surface area contributed by atoms with Gasteiger partial charge < -0.3 is 4.74 Å². The zero-order chi connectivity index (χ0) is 26.0. The number of piperidine rings is 1. The number of esters is 1. The van der Waals surface area contributed by atoms with Crippen LogP contribution in [-0.2, 0) is 19.1 Å². The molecule has 3 aliphatic heterocycles. The van der Waals surface area contributed by atoms with Gasteiger partial charge in [-0.3, -0.25) is 44.0 Å². The monoisotopic (exact) mass is 494 g/mol. The molecule has 1 unspecified atom stereocenters. The molecule has 2 fully saturated rings. The number of nitrogens with one attached hydrogen (secondary N) is 1. The van der Waals surface area contributed by atoms with Gasteiger partial charge in [0.2, 0.25) is 11.8 Å². The van der Waals surface area contributed by atoms with Crippen molar-refractivity contribution in [3.8, 4) is 11.8 Å². The second kappa shape index (κ2) is 10.2. The quantitative estimate of drug-likeness (QED) is 0.363. The lowest BCUT2D eigenvalue weighted by Crippen LogP contribution is -2.54. The molecule has 1 aromatic rings. The van der Waals surface area contributed by atoms with Gasteiger partial charge in [-0.2, -0.15) is 0 Å². The highest BCUT2D eigenvalue weighted by molar-refractivity contribution is 6.24. The highest BCUT2D eigenvalue weighted by atomic mass is 16.6. The smallest absolute Gasteiger partial charge is 0.320 e. The highest BCUT2D eigenvalue weighted by Crippen LogP contribution is 2.29. The molecule has 190 valence electrons. The molecule has 0 aliphatic carbocycles. The van der Waals surface area contributed by atoms with Crippen LogP contribution in [-0.4, -0.2) is 95.2 Å². The number of piperazine rings is 1. The second-order valence-electron chi connectivity index (χ2n) is 10.1. The zero-order valence-corrected chi connectivity index (χ0v) is 20.8. The molecule has 1 N–H and O–H groups in total. The summed E-state index contributed by atoms with van der Waals surface area (Å²) in [4.78, 5) is 67.0. The number of fused-ring (bicyclic) bond motifs is 1. The third-order valence-corrected chi connectivity index (χ3v) is 6.23. The Hall–Kier alpha value is -3.55. The van der Waals surface area contributed by atoms with Crippen molar-refractivity contribution in [2.45, 2.75) is 45.3 Å². The summed E-state index contributed by atoms with van der Waals surface area (Å²) in [7, 11) is 0. The summed E-state index contributed by atoms with van der Waals surface area (Å²) in [5.74, 6) is 3.71. The van der Waals surface area contributed by atoms with Crippen LogP contribution in [0.4, 0.5) is 0 Å². The lowest BCUT2D eigenvalue weighted by Gasteiger charge is -2.33. The van der Waals surface area contributed by atoms with E-state index in [2.05, 4.69) is 27.0 Å². The number of carbonyl (C=O) groups is 5. The van der Waals surface area contributed by atoms with Gasteiger partial charge in [0.05, 0.1) is 24.2 Å². The Bertz CT molecular complexity index is 1170. The Morgan fingerprint density at radius 1 is 1.06 bits per heavy atom. The van der Waals surface area contributed by atoms with E-state index >= 15 is 0 Å². The van der Waals surface area contributed by atoms with Crippen molar-refractivity contribution in [2.24, 2.45) is 0 Å². The van der Waals surface area contributed by atoms with Gasteiger partial charge in [0.25, 0.3) is 11.8 Å². The number of hydrogen-bond donors (Lipinski definition) is 1. The average Bonchev–Trinajstić information content (AvgIpc) is 3.05. The van der Waals surface area contributed by atoms with Crippen molar-refractivity contribution in [3.63, 3.8) is 0 Å². The molecule has 4 amide bonds. The third kappa shape index (κ3) is 5.64. The largest absolute Gasteiger partial charge is 0.459 e. The van der Waals surface area contributed by atoms with Crippen molar-refractivity contribution >= 4 is 29.6 Å². The van der Waals surface area contributed by atoms with Gasteiger partial charge in [-0.25, -0.2) is 0 Å². The number of nitrogens with zero attached hydrogens (tertiary/aromatic N) is 3. The minimum atomic E-state index is -1.01. The van der Waals surface area contributed by atoms with Gasteiger partial charge in [-0.05, 0) is 39.3 Å². The van der Waals surface area contributed by atoms with Crippen LogP contribution < -0.4 is 5.32 Å². The van der Waals surface area contributed by atoms with E-state index in [0.29, 0.717) is 12.1 Å². The van der Waals surface area contributed by atoms with Crippen LogP contribution >= 0.6 is 0 Å². The fraction of sp³-hybridized carbons (Fsp3) is 0.500. The van der Waals surface area contributed by atoms with Gasteiger partial charge in [0.15, 0.2) is 0 Å².